The second-order valence-electron chi connectivity index (χ2n) is 26.4. The molecule has 0 bridgehead atoms. The third-order valence-corrected chi connectivity index (χ3v) is 20.4. The first-order valence-corrected chi connectivity index (χ1v) is 36.0. The fraction of sp³-hybridized carbons (Fsp3) is 0.667. The van der Waals surface area contributed by atoms with Crippen LogP contribution in [0.5, 0.6) is 0 Å². The molecule has 578 valence electrons. The van der Waals surface area contributed by atoms with Crippen molar-refractivity contribution in [1.82, 2.24) is 42.1 Å². The first-order valence-electron chi connectivity index (χ1n) is 35.6. The number of carbonyl (C=O) groups excluding carboxylic acids is 12. The standard InChI is InChI=1S/C72H105ClN8O23/c1-6-66(92)104-72(49(2)40-54-53-16-15-51-42-52(82)19-22-69(51,3)71(53,73)57(83)43-70(54,72)4)58(84)47-103-48-78-62(88)45-77-68(94)56(41-50-12-8-7-9-13-50)80-63(89)46-75-61(87)44-76-67(93)55(79-60(86)20-24-81-64(90)17-18-65(81)91)14-10-11-23-74-59(85)21-25-96-28-29-98-32-33-100-36-37-102-39-38-101-35-34-99-31-30-97-27-26-95-5/h7-9,12-13,17-19,22,42,49,53-57,83H,6,10-11,14-16,20-21,23-41,43-48H2,1-5H3,(H,74,85)(H,75,87)(H,76,93)(H,77,94)(H,78,88)(H,79,86)(H,80,89)/t49-,53-,54?,55-,56-,57-,69-,70-,71-,72-/m0/s1. The summed E-state index contributed by atoms with van der Waals surface area (Å²) in [6.45, 7) is 10.3. The van der Waals surface area contributed by atoms with Gasteiger partial charge in [-0.2, -0.15) is 0 Å². The summed E-state index contributed by atoms with van der Waals surface area (Å²) in [5, 5.41) is 29.9. The molecule has 0 spiro atoms. The number of imide groups is 1. The van der Waals surface area contributed by atoms with Gasteiger partial charge in [0, 0.05) is 74.8 Å². The van der Waals surface area contributed by atoms with Crippen LogP contribution in [-0.4, -0.2) is 262 Å². The van der Waals surface area contributed by atoms with Crippen LogP contribution in [0.15, 0.2) is 66.3 Å². The number of nitrogens with zero attached hydrogens (tertiary/aromatic N) is 1. The van der Waals surface area contributed by atoms with E-state index in [4.69, 9.17) is 59.0 Å². The third kappa shape index (κ3) is 24.8. The van der Waals surface area contributed by atoms with E-state index in [1.165, 1.54) is 6.08 Å². The minimum absolute atomic E-state index is 0.00301. The number of halogens is 1. The predicted molar refractivity (Wildman–Crippen MR) is 373 cm³/mol. The SMILES string of the molecule is CCC(=O)O[C@]1(C(=O)COCNC(=O)CNC(=O)[C@H](Cc2ccccc2)NC(=O)CNC(=O)CNC(=O)[C@H](CCCCNC(=O)CCOCCOCCOCCOCCOCCOCCOCCOC)NC(=O)CCN2C(=O)C=CC2=O)[C@@H](C)CC2[C@@H]3CCC4=CC(=O)C=C[C@]4(C)[C@@]3(Cl)[C@@H](O)C[C@@]21C. The number of Topliss-reactive ketones (excluding diaryl/α,β-unsaturated/α-hetero) is 1. The molecule has 9 amide bonds. The Labute approximate surface area is 611 Å². The number of aliphatic hydroxyl groups excluding tert-OH is 1. The Bertz CT molecular complexity index is 3140. The van der Waals surface area contributed by atoms with Crippen LogP contribution in [0.3, 0.4) is 0 Å². The Morgan fingerprint density at radius 1 is 0.625 bits per heavy atom. The van der Waals surface area contributed by atoms with Crippen molar-refractivity contribution < 1.29 is 110 Å². The number of esters is 1. The highest BCUT2D eigenvalue weighted by Crippen LogP contribution is 2.72. The lowest BCUT2D eigenvalue weighted by atomic mass is 9.45. The molecule has 1 heterocycles. The van der Waals surface area contributed by atoms with Gasteiger partial charge in [-0.1, -0.05) is 69.7 Å². The topological polar surface area (TPSA) is 405 Å². The Morgan fingerprint density at radius 3 is 1.76 bits per heavy atom. The van der Waals surface area contributed by atoms with E-state index in [9.17, 15) is 62.6 Å². The van der Waals surface area contributed by atoms with Crippen molar-refractivity contribution in [3.8, 4) is 0 Å². The van der Waals surface area contributed by atoms with Crippen molar-refractivity contribution in [2.24, 2.45) is 28.6 Å². The molecule has 10 atom stereocenters. The molecule has 3 saturated carbocycles. The summed E-state index contributed by atoms with van der Waals surface area (Å²) >= 11 is 7.64. The molecule has 31 nitrogen and oxygen atoms in total. The third-order valence-electron chi connectivity index (χ3n) is 19.5. The summed E-state index contributed by atoms with van der Waals surface area (Å²) < 4.78 is 55.1. The van der Waals surface area contributed by atoms with E-state index in [0.29, 0.717) is 124 Å². The highest BCUT2D eigenvalue weighted by atomic mass is 35.5. The van der Waals surface area contributed by atoms with Gasteiger partial charge < -0.3 is 89.7 Å². The Hall–Kier alpha value is -7.43. The first-order chi connectivity index (χ1) is 49.9. The lowest BCUT2D eigenvalue weighted by Crippen LogP contribution is -2.69. The molecule has 3 fully saturated rings. The molecular weight excluding hydrogens is 1380 g/mol. The van der Waals surface area contributed by atoms with Gasteiger partial charge in [0.25, 0.3) is 11.8 Å². The zero-order valence-corrected chi connectivity index (χ0v) is 61.1. The van der Waals surface area contributed by atoms with Gasteiger partial charge in [-0.05, 0) is 74.5 Å². The van der Waals surface area contributed by atoms with Gasteiger partial charge in [-0.3, -0.25) is 62.4 Å². The van der Waals surface area contributed by atoms with Crippen LogP contribution >= 0.6 is 11.6 Å². The number of unbranched alkanes of at least 4 members (excludes halogenated alkanes) is 1. The summed E-state index contributed by atoms with van der Waals surface area (Å²) in [6, 6.07) is 6.17. The maximum atomic E-state index is 14.7. The second-order valence-corrected chi connectivity index (χ2v) is 27.0. The van der Waals surface area contributed by atoms with Gasteiger partial charge in [-0.15, -0.1) is 11.6 Å². The Morgan fingerprint density at radius 2 is 1.17 bits per heavy atom. The number of alkyl halides is 1. The summed E-state index contributed by atoms with van der Waals surface area (Å²) in [5.41, 5.74) is -2.22. The van der Waals surface area contributed by atoms with E-state index in [1.807, 2.05) is 20.8 Å². The van der Waals surface area contributed by atoms with Crippen LogP contribution in [0.25, 0.3) is 0 Å². The molecule has 1 aromatic rings. The molecule has 104 heavy (non-hydrogen) atoms. The maximum Gasteiger partial charge on any atom is 0.306 e. The van der Waals surface area contributed by atoms with Crippen LogP contribution in [0.2, 0.25) is 0 Å². The zero-order valence-electron chi connectivity index (χ0n) is 60.3. The predicted octanol–water partition coefficient (Wildman–Crippen LogP) is 0.539. The number of hydrogen-bond donors (Lipinski definition) is 8. The number of hydrogen-bond acceptors (Lipinski definition) is 23. The normalized spacial score (nSPS) is 23.5. The number of carbonyl (C=O) groups is 12. The lowest BCUT2D eigenvalue weighted by molar-refractivity contribution is -0.203. The second kappa shape index (κ2) is 43.9. The van der Waals surface area contributed by atoms with Crippen LogP contribution < -0.4 is 37.2 Å². The van der Waals surface area contributed by atoms with Crippen LogP contribution in [0.1, 0.15) is 97.5 Å². The van der Waals surface area contributed by atoms with Gasteiger partial charge in [0.2, 0.25) is 47.1 Å². The molecule has 1 unspecified atom stereocenters. The van der Waals surface area contributed by atoms with Crippen LogP contribution in [0.4, 0.5) is 0 Å². The highest BCUT2D eigenvalue weighted by molar-refractivity contribution is 6.26. The Balaban J connectivity index is 0.880. The van der Waals surface area contributed by atoms with Gasteiger partial charge >= 0.3 is 5.97 Å². The number of rotatable bonds is 51. The van der Waals surface area contributed by atoms with E-state index < -0.39 is 137 Å². The van der Waals surface area contributed by atoms with Crippen molar-refractivity contribution in [3.05, 3.63) is 71.8 Å². The average molecular weight is 1490 g/mol. The summed E-state index contributed by atoms with van der Waals surface area (Å²) in [6.07, 6.45) is 7.77. The number of benzene rings is 1. The summed E-state index contributed by atoms with van der Waals surface area (Å²) in [4.78, 5) is 157. The number of nitrogens with one attached hydrogen (secondary N) is 7. The number of fused-ring (bicyclic) bond motifs is 5. The zero-order chi connectivity index (χ0) is 75.6. The van der Waals surface area contributed by atoms with Crippen LogP contribution in [0, 0.1) is 28.6 Å². The smallest absolute Gasteiger partial charge is 0.306 e. The van der Waals surface area contributed by atoms with E-state index in [0.717, 1.165) is 22.6 Å². The molecule has 0 aromatic heterocycles. The lowest BCUT2D eigenvalue weighted by Gasteiger charge is -2.64. The van der Waals surface area contributed by atoms with Crippen LogP contribution in [-0.2, 0) is 111 Å². The molecule has 0 radical (unpaired) electrons. The van der Waals surface area contributed by atoms with Gasteiger partial charge in [0.1, 0.15) is 25.4 Å². The molecule has 5 aliphatic rings. The minimum atomic E-state index is -1.74. The maximum absolute atomic E-state index is 14.7. The number of allylic oxidation sites excluding steroid dienone is 4. The number of ether oxygens (including phenoxy) is 10. The van der Waals surface area contributed by atoms with E-state index in [-0.39, 0.29) is 88.4 Å². The van der Waals surface area contributed by atoms with Crippen molar-refractivity contribution in [2.75, 3.05) is 152 Å². The van der Waals surface area contributed by atoms with Crippen molar-refractivity contribution >= 4 is 82.3 Å². The van der Waals surface area contributed by atoms with Crippen molar-refractivity contribution in [2.45, 2.75) is 127 Å². The molecule has 32 heteroatoms. The summed E-state index contributed by atoms with van der Waals surface area (Å²) in [7, 11) is 1.62. The monoisotopic (exact) mass is 1480 g/mol. The minimum Gasteiger partial charge on any atom is -0.450 e. The van der Waals surface area contributed by atoms with Gasteiger partial charge in [0.15, 0.2) is 11.4 Å². The molecule has 0 saturated heterocycles. The van der Waals surface area contributed by atoms with E-state index in [1.54, 1.807) is 56.5 Å². The number of methoxy groups -OCH3 is 1. The number of ketones is 2. The average Bonchev–Trinajstić information content (AvgIpc) is 1.43. The molecule has 4 aliphatic carbocycles. The molecular formula is C72H105ClN8O23. The highest BCUT2D eigenvalue weighted by Gasteiger charge is 2.76. The van der Waals surface area contributed by atoms with Crippen molar-refractivity contribution in [3.63, 3.8) is 0 Å². The number of amides is 9. The molecule has 8 N–H and O–H groups in total. The van der Waals surface area contributed by atoms with E-state index in [2.05, 4.69) is 37.2 Å². The molecule has 1 aliphatic heterocycles. The van der Waals surface area contributed by atoms with Crippen molar-refractivity contribution in [1.29, 1.82) is 0 Å². The van der Waals surface area contributed by atoms with E-state index >= 15 is 0 Å². The molecule has 6 rings (SSSR count). The Kier molecular flexibility index (Phi) is 36.1. The first kappa shape index (κ1) is 85.5. The quantitative estimate of drug-likeness (QED) is 0.0145. The summed E-state index contributed by atoms with van der Waals surface area (Å²) in [5.74, 6) is -8.51. The fourth-order valence-electron chi connectivity index (χ4n) is 14.1. The molecule has 1 aromatic carbocycles. The number of aliphatic hydroxyl groups is 1. The fourth-order valence-corrected chi connectivity index (χ4v) is 14.7. The largest absolute Gasteiger partial charge is 0.450 e. The van der Waals surface area contributed by atoms with Gasteiger partial charge in [-0.25, -0.2) is 0 Å². The van der Waals surface area contributed by atoms with Gasteiger partial charge in [0.05, 0.1) is 130 Å².